The van der Waals surface area contributed by atoms with Gasteiger partial charge in [0, 0.05) is 23.2 Å². The Morgan fingerprint density at radius 2 is 2.05 bits per heavy atom. The van der Waals surface area contributed by atoms with Gasteiger partial charge < -0.3 is 5.32 Å². The fourth-order valence-electron chi connectivity index (χ4n) is 1.90. The van der Waals surface area contributed by atoms with Crippen molar-refractivity contribution < 1.29 is 0 Å². The first kappa shape index (κ1) is 15.1. The van der Waals surface area contributed by atoms with Crippen LogP contribution in [-0.2, 0) is 13.0 Å². The topological polar surface area (TPSA) is 37.8 Å². The summed E-state index contributed by atoms with van der Waals surface area (Å²) in [5.41, 5.74) is 2.31. The Morgan fingerprint density at radius 1 is 1.25 bits per heavy atom. The zero-order valence-corrected chi connectivity index (χ0v) is 13.5. The summed E-state index contributed by atoms with van der Waals surface area (Å²) in [7, 11) is 0. The van der Waals surface area contributed by atoms with Crippen molar-refractivity contribution >= 4 is 11.3 Å². The molecular weight excluding hydrogens is 266 g/mol. The third kappa shape index (κ3) is 4.12. The predicted octanol–water partition coefficient (Wildman–Crippen LogP) is 4.05. The van der Waals surface area contributed by atoms with Crippen molar-refractivity contribution in [3.05, 3.63) is 35.0 Å². The Bertz CT molecular complexity index is 541. The Morgan fingerprint density at radius 3 is 2.65 bits per heavy atom. The van der Waals surface area contributed by atoms with Crippen LogP contribution in [0.1, 0.15) is 44.7 Å². The van der Waals surface area contributed by atoms with Crippen molar-refractivity contribution in [3.8, 4) is 10.7 Å². The molecule has 1 N–H and O–H groups in total. The van der Waals surface area contributed by atoms with E-state index in [1.54, 1.807) is 11.3 Å². The molecule has 0 aromatic carbocycles. The molecule has 108 valence electrons. The lowest BCUT2D eigenvalue weighted by Crippen LogP contribution is -2.35. The van der Waals surface area contributed by atoms with Crippen molar-refractivity contribution in [3.63, 3.8) is 0 Å². The van der Waals surface area contributed by atoms with Crippen LogP contribution in [0.4, 0.5) is 0 Å². The fraction of sp³-hybridized carbons (Fsp3) is 0.500. The maximum Gasteiger partial charge on any atom is 0.142 e. The normalized spacial score (nSPS) is 11.8. The van der Waals surface area contributed by atoms with Gasteiger partial charge in [-0.15, -0.1) is 11.3 Å². The first-order valence-corrected chi connectivity index (χ1v) is 7.96. The predicted molar refractivity (Wildman–Crippen MR) is 85.9 cm³/mol. The summed E-state index contributed by atoms with van der Waals surface area (Å²) in [5.74, 6) is 0. The number of rotatable bonds is 5. The van der Waals surface area contributed by atoms with E-state index in [-0.39, 0.29) is 5.54 Å². The zero-order valence-electron chi connectivity index (χ0n) is 12.7. The first-order valence-electron chi connectivity index (χ1n) is 7.14. The molecule has 2 rings (SSSR count). The van der Waals surface area contributed by atoms with E-state index in [1.165, 1.54) is 10.6 Å². The van der Waals surface area contributed by atoms with Crippen LogP contribution in [0.3, 0.4) is 0 Å². The Hall–Kier alpha value is -1.26. The molecule has 0 radical (unpaired) electrons. The Balaban J connectivity index is 2.24. The molecule has 20 heavy (non-hydrogen) atoms. The summed E-state index contributed by atoms with van der Waals surface area (Å²) in [6.45, 7) is 9.64. The zero-order chi connectivity index (χ0) is 14.6. The van der Waals surface area contributed by atoms with Gasteiger partial charge in [0.2, 0.25) is 0 Å². The van der Waals surface area contributed by atoms with E-state index in [9.17, 15) is 0 Å². The van der Waals surface area contributed by atoms with E-state index in [0.29, 0.717) is 0 Å². The van der Waals surface area contributed by atoms with Gasteiger partial charge in [0.15, 0.2) is 0 Å². The molecule has 0 amide bonds. The van der Waals surface area contributed by atoms with E-state index < -0.39 is 0 Å². The van der Waals surface area contributed by atoms with Crippen LogP contribution < -0.4 is 5.32 Å². The van der Waals surface area contributed by atoms with Gasteiger partial charge in [-0.1, -0.05) is 19.4 Å². The molecule has 0 aliphatic rings. The Kier molecular flexibility index (Phi) is 4.89. The average molecular weight is 289 g/mol. The van der Waals surface area contributed by atoms with E-state index >= 15 is 0 Å². The molecule has 2 heterocycles. The largest absolute Gasteiger partial charge is 0.307 e. The van der Waals surface area contributed by atoms with Crippen molar-refractivity contribution in [2.24, 2.45) is 0 Å². The summed E-state index contributed by atoms with van der Waals surface area (Å²) >= 11 is 1.76. The molecule has 0 aliphatic carbocycles. The number of nitrogens with one attached hydrogen (secondary N) is 1. The summed E-state index contributed by atoms with van der Waals surface area (Å²) in [6.07, 6.45) is 3.97. The number of hydrogen-bond donors (Lipinski definition) is 1. The molecule has 0 saturated heterocycles. The summed E-state index contributed by atoms with van der Waals surface area (Å²) in [4.78, 5) is 10.5. The van der Waals surface area contributed by atoms with Crippen LogP contribution in [0.15, 0.2) is 24.4 Å². The van der Waals surface area contributed by atoms with Crippen LogP contribution in [-0.4, -0.2) is 15.5 Å². The van der Waals surface area contributed by atoms with Gasteiger partial charge in [-0.25, -0.2) is 4.98 Å². The molecule has 0 aliphatic heterocycles. The number of hydrogen-bond acceptors (Lipinski definition) is 4. The van der Waals surface area contributed by atoms with Crippen LogP contribution in [0.5, 0.6) is 0 Å². The molecule has 0 fully saturated rings. The average Bonchev–Trinajstić information content (AvgIpc) is 2.80. The maximum absolute atomic E-state index is 4.79. The number of thiazole rings is 1. The minimum absolute atomic E-state index is 0.124. The van der Waals surface area contributed by atoms with Crippen LogP contribution in [0, 0.1) is 0 Å². The summed E-state index contributed by atoms with van der Waals surface area (Å²) in [6, 6.07) is 5.97. The summed E-state index contributed by atoms with van der Waals surface area (Å²) in [5, 5.41) is 4.58. The van der Waals surface area contributed by atoms with E-state index in [1.807, 2.05) is 24.4 Å². The second-order valence-corrected chi connectivity index (χ2v) is 7.04. The molecule has 0 atom stereocenters. The van der Waals surface area contributed by atoms with Crippen molar-refractivity contribution in [1.82, 2.24) is 15.3 Å². The highest BCUT2D eigenvalue weighted by molar-refractivity contribution is 7.15. The van der Waals surface area contributed by atoms with Gasteiger partial charge in [-0.3, -0.25) is 4.98 Å². The number of aromatic nitrogens is 2. The van der Waals surface area contributed by atoms with Crippen molar-refractivity contribution in [2.45, 2.75) is 52.6 Å². The minimum Gasteiger partial charge on any atom is -0.307 e. The van der Waals surface area contributed by atoms with Gasteiger partial charge in [0.05, 0.1) is 11.4 Å². The van der Waals surface area contributed by atoms with Crippen molar-refractivity contribution in [2.75, 3.05) is 0 Å². The highest BCUT2D eigenvalue weighted by Gasteiger charge is 2.15. The molecule has 0 spiro atoms. The smallest absolute Gasteiger partial charge is 0.142 e. The monoisotopic (exact) mass is 289 g/mol. The van der Waals surface area contributed by atoms with E-state index in [2.05, 4.69) is 38.0 Å². The lowest BCUT2D eigenvalue weighted by molar-refractivity contribution is 0.425. The fourth-order valence-corrected chi connectivity index (χ4v) is 2.92. The first-order chi connectivity index (χ1) is 9.49. The minimum atomic E-state index is 0.124. The highest BCUT2D eigenvalue weighted by Crippen LogP contribution is 2.27. The van der Waals surface area contributed by atoms with Gasteiger partial charge >= 0.3 is 0 Å². The number of aryl methyl sites for hydroxylation is 1. The Labute approximate surface area is 125 Å². The third-order valence-electron chi connectivity index (χ3n) is 2.93. The van der Waals surface area contributed by atoms with Crippen LogP contribution in [0.25, 0.3) is 10.7 Å². The molecule has 0 unspecified atom stereocenters. The molecule has 3 nitrogen and oxygen atoms in total. The van der Waals surface area contributed by atoms with E-state index in [4.69, 9.17) is 4.98 Å². The molecule has 0 bridgehead atoms. The number of pyridine rings is 1. The van der Waals surface area contributed by atoms with Gasteiger partial charge in [-0.2, -0.15) is 0 Å². The van der Waals surface area contributed by atoms with Crippen LogP contribution >= 0.6 is 11.3 Å². The highest BCUT2D eigenvalue weighted by atomic mass is 32.1. The lowest BCUT2D eigenvalue weighted by atomic mass is 10.1. The lowest BCUT2D eigenvalue weighted by Gasteiger charge is -2.20. The van der Waals surface area contributed by atoms with Crippen LogP contribution in [0.2, 0.25) is 0 Å². The van der Waals surface area contributed by atoms with Gasteiger partial charge in [0.1, 0.15) is 5.01 Å². The second kappa shape index (κ2) is 6.46. The van der Waals surface area contributed by atoms with Crippen molar-refractivity contribution in [1.29, 1.82) is 0 Å². The summed E-state index contributed by atoms with van der Waals surface area (Å²) < 4.78 is 0. The van der Waals surface area contributed by atoms with Gasteiger partial charge in [-0.05, 0) is 39.3 Å². The SMILES string of the molecule is CCCc1nc(-c2ccccn2)sc1CNC(C)(C)C. The number of nitrogens with zero attached hydrogens (tertiary/aromatic N) is 2. The quantitative estimate of drug-likeness (QED) is 0.902. The molecule has 0 saturated carbocycles. The molecule has 2 aromatic heterocycles. The standard InChI is InChI=1S/C16H23N3S/c1-5-8-12-14(11-18-16(2,3)4)20-15(19-12)13-9-6-7-10-17-13/h6-7,9-10,18H,5,8,11H2,1-4H3. The molecule has 4 heteroatoms. The second-order valence-electron chi connectivity index (χ2n) is 5.96. The molecule has 2 aromatic rings. The van der Waals surface area contributed by atoms with E-state index in [0.717, 1.165) is 30.1 Å². The third-order valence-corrected chi connectivity index (χ3v) is 4.05. The molecular formula is C16H23N3S. The van der Waals surface area contributed by atoms with Gasteiger partial charge in [0.25, 0.3) is 0 Å². The maximum atomic E-state index is 4.79.